The fraction of sp³-hybridized carbons (Fsp3) is 0.0714. The van der Waals surface area contributed by atoms with Crippen LogP contribution in [0.5, 0.6) is 0 Å². The maximum Gasteiger partial charge on any atom is 0.352 e. The molecule has 3 N–H and O–H groups in total. The van der Waals surface area contributed by atoms with Gasteiger partial charge in [0.05, 0.1) is 11.9 Å². The summed E-state index contributed by atoms with van der Waals surface area (Å²) in [6.07, 6.45) is 4.69. The van der Waals surface area contributed by atoms with Gasteiger partial charge in [-0.1, -0.05) is 12.7 Å². The second kappa shape index (κ2) is 6.44. The molecule has 0 spiro atoms. The van der Waals surface area contributed by atoms with Gasteiger partial charge in [0.15, 0.2) is 0 Å². The van der Waals surface area contributed by atoms with E-state index in [4.69, 9.17) is 14.7 Å². The van der Waals surface area contributed by atoms with E-state index >= 15 is 0 Å². The first-order valence-corrected chi connectivity index (χ1v) is 5.84. The lowest BCUT2D eigenvalue weighted by Crippen LogP contribution is -2.03. The number of anilines is 1. The molecular formula is C14H14N2O4. The number of ether oxygens (including phenoxy) is 1. The van der Waals surface area contributed by atoms with Gasteiger partial charge in [-0.05, 0) is 30.3 Å². The quantitative estimate of drug-likeness (QED) is 0.238. The van der Waals surface area contributed by atoms with Crippen LogP contribution in [0.4, 0.5) is 5.69 Å². The van der Waals surface area contributed by atoms with E-state index in [0.717, 1.165) is 10.9 Å². The molecule has 20 heavy (non-hydrogen) atoms. The molecule has 0 fully saturated rings. The number of allylic oxidation sites excluding steroid dienone is 2. The van der Waals surface area contributed by atoms with Gasteiger partial charge in [0.2, 0.25) is 6.79 Å². The SMILES string of the molecule is C=C/C=C/OCONc1ccc2[nH]c(C(=O)O)cc2c1. The Kier molecular flexibility index (Phi) is 4.41. The molecule has 0 aliphatic rings. The third-order valence-electron chi connectivity index (χ3n) is 2.48. The zero-order valence-electron chi connectivity index (χ0n) is 10.6. The van der Waals surface area contributed by atoms with Crippen molar-refractivity contribution in [3.05, 3.63) is 55.0 Å². The van der Waals surface area contributed by atoms with Crippen molar-refractivity contribution in [1.29, 1.82) is 0 Å². The number of carbonyl (C=O) groups is 1. The first-order chi connectivity index (χ1) is 9.70. The molecule has 0 aliphatic carbocycles. The summed E-state index contributed by atoms with van der Waals surface area (Å²) in [6.45, 7) is 3.54. The van der Waals surface area contributed by atoms with Crippen molar-refractivity contribution in [2.45, 2.75) is 0 Å². The number of hydrogen-bond acceptors (Lipinski definition) is 4. The second-order valence-corrected chi connectivity index (χ2v) is 3.89. The number of aromatic carboxylic acids is 1. The van der Waals surface area contributed by atoms with E-state index in [-0.39, 0.29) is 12.5 Å². The summed E-state index contributed by atoms with van der Waals surface area (Å²) in [6, 6.07) is 6.88. The molecule has 1 heterocycles. The number of benzene rings is 1. The number of aromatic amines is 1. The molecule has 0 unspecified atom stereocenters. The van der Waals surface area contributed by atoms with E-state index < -0.39 is 5.97 Å². The maximum absolute atomic E-state index is 10.9. The van der Waals surface area contributed by atoms with Crippen LogP contribution < -0.4 is 5.48 Å². The Morgan fingerprint density at radius 2 is 2.30 bits per heavy atom. The van der Waals surface area contributed by atoms with Gasteiger partial charge in [-0.15, -0.1) is 0 Å². The standard InChI is InChI=1S/C14H14N2O4/c1-2-3-6-19-9-20-16-11-4-5-12-10(7-11)8-13(15-12)14(17)18/h2-8,15-16H,1,9H2,(H,17,18)/b6-3+. The molecule has 1 aromatic heterocycles. The summed E-state index contributed by atoms with van der Waals surface area (Å²) in [4.78, 5) is 18.7. The normalized spacial score (nSPS) is 10.8. The van der Waals surface area contributed by atoms with Crippen molar-refractivity contribution in [1.82, 2.24) is 4.98 Å². The average molecular weight is 274 g/mol. The highest BCUT2D eigenvalue weighted by Gasteiger charge is 2.07. The van der Waals surface area contributed by atoms with Gasteiger partial charge in [0.25, 0.3) is 0 Å². The molecule has 6 nitrogen and oxygen atoms in total. The van der Waals surface area contributed by atoms with E-state index in [1.807, 2.05) is 0 Å². The van der Waals surface area contributed by atoms with Crippen molar-refractivity contribution in [2.24, 2.45) is 0 Å². The van der Waals surface area contributed by atoms with Crippen LogP contribution in [0.25, 0.3) is 10.9 Å². The highest BCUT2D eigenvalue weighted by Crippen LogP contribution is 2.20. The monoisotopic (exact) mass is 274 g/mol. The van der Waals surface area contributed by atoms with Crippen LogP contribution >= 0.6 is 0 Å². The number of aromatic nitrogens is 1. The van der Waals surface area contributed by atoms with E-state index in [1.165, 1.54) is 6.26 Å². The molecule has 0 radical (unpaired) electrons. The largest absolute Gasteiger partial charge is 0.477 e. The zero-order chi connectivity index (χ0) is 14.4. The topological polar surface area (TPSA) is 83.6 Å². The van der Waals surface area contributed by atoms with Crippen molar-refractivity contribution in [2.75, 3.05) is 12.3 Å². The first-order valence-electron chi connectivity index (χ1n) is 5.84. The Labute approximate surface area is 115 Å². The Balaban J connectivity index is 1.95. The lowest BCUT2D eigenvalue weighted by Gasteiger charge is -2.06. The molecule has 0 saturated carbocycles. The van der Waals surface area contributed by atoms with Gasteiger partial charge in [0.1, 0.15) is 5.69 Å². The summed E-state index contributed by atoms with van der Waals surface area (Å²) in [5.41, 5.74) is 4.30. The highest BCUT2D eigenvalue weighted by atomic mass is 16.7. The summed E-state index contributed by atoms with van der Waals surface area (Å²) in [5.74, 6) is -0.991. The summed E-state index contributed by atoms with van der Waals surface area (Å²) in [5, 5.41) is 9.68. The average Bonchev–Trinajstić information content (AvgIpc) is 2.86. The number of carboxylic acids is 1. The Bertz CT molecular complexity index is 646. The van der Waals surface area contributed by atoms with Gasteiger partial charge >= 0.3 is 5.97 Å². The Hall–Kier alpha value is -2.73. The minimum absolute atomic E-state index is 0.0376. The van der Waals surface area contributed by atoms with Gasteiger partial charge in [0, 0.05) is 10.9 Å². The summed E-state index contributed by atoms with van der Waals surface area (Å²) < 4.78 is 5.00. The molecule has 0 aliphatic heterocycles. The van der Waals surface area contributed by atoms with Gasteiger partial charge in [-0.2, -0.15) is 0 Å². The van der Waals surface area contributed by atoms with Crippen molar-refractivity contribution in [3.63, 3.8) is 0 Å². The molecule has 104 valence electrons. The lowest BCUT2D eigenvalue weighted by atomic mass is 10.2. The van der Waals surface area contributed by atoms with Crippen LogP contribution in [0.15, 0.2) is 49.3 Å². The Morgan fingerprint density at radius 3 is 3.05 bits per heavy atom. The van der Waals surface area contributed by atoms with E-state index in [2.05, 4.69) is 17.0 Å². The third kappa shape index (κ3) is 3.39. The van der Waals surface area contributed by atoms with Crippen molar-refractivity contribution in [3.8, 4) is 0 Å². The fourth-order valence-electron chi connectivity index (χ4n) is 1.61. The predicted molar refractivity (Wildman–Crippen MR) is 75.3 cm³/mol. The number of rotatable bonds is 7. The molecule has 0 bridgehead atoms. The highest BCUT2D eigenvalue weighted by molar-refractivity contribution is 5.94. The zero-order valence-corrected chi connectivity index (χ0v) is 10.6. The van der Waals surface area contributed by atoms with Gasteiger partial charge in [-0.3, -0.25) is 5.48 Å². The predicted octanol–water partition coefficient (Wildman–Crippen LogP) is 2.88. The summed E-state index contributed by atoms with van der Waals surface area (Å²) in [7, 11) is 0. The van der Waals surface area contributed by atoms with E-state index in [1.54, 1.807) is 36.4 Å². The van der Waals surface area contributed by atoms with Crippen molar-refractivity contribution < 1.29 is 19.5 Å². The third-order valence-corrected chi connectivity index (χ3v) is 2.48. The van der Waals surface area contributed by atoms with Crippen LogP contribution in [0.3, 0.4) is 0 Å². The van der Waals surface area contributed by atoms with Crippen LogP contribution in [-0.2, 0) is 9.57 Å². The van der Waals surface area contributed by atoms with Crippen LogP contribution in [0.1, 0.15) is 10.5 Å². The van der Waals surface area contributed by atoms with E-state index in [0.29, 0.717) is 5.69 Å². The second-order valence-electron chi connectivity index (χ2n) is 3.89. The number of fused-ring (bicyclic) bond motifs is 1. The number of hydrogen-bond donors (Lipinski definition) is 3. The fourth-order valence-corrected chi connectivity index (χ4v) is 1.61. The number of H-pyrrole nitrogens is 1. The molecule has 2 aromatic rings. The molecule has 0 saturated heterocycles. The summed E-state index contributed by atoms with van der Waals surface area (Å²) >= 11 is 0. The molecular weight excluding hydrogens is 260 g/mol. The van der Waals surface area contributed by atoms with E-state index in [9.17, 15) is 4.79 Å². The number of nitrogens with one attached hydrogen (secondary N) is 2. The van der Waals surface area contributed by atoms with Crippen molar-refractivity contribution >= 4 is 22.6 Å². The molecule has 0 atom stereocenters. The maximum atomic E-state index is 10.9. The minimum Gasteiger partial charge on any atom is -0.477 e. The number of carboxylic acid groups (broad SMARTS) is 1. The van der Waals surface area contributed by atoms with Crippen LogP contribution in [0.2, 0.25) is 0 Å². The smallest absolute Gasteiger partial charge is 0.352 e. The van der Waals surface area contributed by atoms with Crippen LogP contribution in [0, 0.1) is 0 Å². The molecule has 6 heteroatoms. The minimum atomic E-state index is -0.991. The van der Waals surface area contributed by atoms with Crippen LogP contribution in [-0.4, -0.2) is 22.9 Å². The molecule has 0 amide bonds. The molecule has 1 aromatic carbocycles. The Morgan fingerprint density at radius 1 is 1.45 bits per heavy atom. The first kappa shape index (κ1) is 13.7. The lowest BCUT2D eigenvalue weighted by molar-refractivity contribution is 0.0184. The van der Waals surface area contributed by atoms with Gasteiger partial charge < -0.3 is 14.8 Å². The molecule has 2 rings (SSSR count). The van der Waals surface area contributed by atoms with Gasteiger partial charge in [-0.25, -0.2) is 9.63 Å².